The first-order valence-corrected chi connectivity index (χ1v) is 24.3. The number of thioether (sulfide) groups is 1. The Kier molecular flexibility index (Phi) is 24.3. The summed E-state index contributed by atoms with van der Waals surface area (Å²) >= 11 is 1.29. The van der Waals surface area contributed by atoms with Gasteiger partial charge in [0.1, 0.15) is 24.3 Å². The van der Waals surface area contributed by atoms with Crippen molar-refractivity contribution in [2.45, 2.75) is 162 Å². The number of aromatic nitrogens is 4. The molecule has 0 saturated carbocycles. The van der Waals surface area contributed by atoms with Gasteiger partial charge in [-0.1, -0.05) is 96.6 Å². The van der Waals surface area contributed by atoms with Gasteiger partial charge in [0.05, 0.1) is 13.7 Å². The largest absolute Gasteiger partial charge is 0.480 e. The molecule has 0 bridgehead atoms. The number of benzene rings is 1. The summed E-state index contributed by atoms with van der Waals surface area (Å²) in [5.74, 6) is -1.21. The molecule has 0 radical (unpaired) electrons. The van der Waals surface area contributed by atoms with Crippen molar-refractivity contribution in [3.05, 3.63) is 29.8 Å². The second-order valence-corrected chi connectivity index (χ2v) is 18.2. The molecule has 1 aromatic carbocycles. The first-order valence-electron chi connectivity index (χ1n) is 23.1. The van der Waals surface area contributed by atoms with E-state index in [4.69, 9.17) is 19.9 Å². The number of methoxy groups -OCH3 is 1. The van der Waals surface area contributed by atoms with Crippen LogP contribution in [0.5, 0.6) is 6.01 Å². The Balaban J connectivity index is 1.49. The Morgan fingerprint density at radius 1 is 0.831 bits per heavy atom. The fourth-order valence-corrected chi connectivity index (χ4v) is 7.54. The average molecular weight is 928 g/mol. The first-order chi connectivity index (χ1) is 31.1. The molecule has 362 valence electrons. The zero-order valence-corrected chi connectivity index (χ0v) is 40.1. The predicted molar refractivity (Wildman–Crippen MR) is 255 cm³/mol. The van der Waals surface area contributed by atoms with Gasteiger partial charge in [0.2, 0.25) is 17.8 Å². The summed E-state index contributed by atoms with van der Waals surface area (Å²) in [7, 11) is 1.17. The van der Waals surface area contributed by atoms with E-state index in [-0.39, 0.29) is 55.1 Å². The maximum absolute atomic E-state index is 13.6. The fourth-order valence-electron chi connectivity index (χ4n) is 6.70. The Bertz CT molecular complexity index is 1940. The quantitative estimate of drug-likeness (QED) is 0.0206. The molecule has 2 atom stereocenters. The summed E-state index contributed by atoms with van der Waals surface area (Å²) in [6.07, 6.45) is 14.3. The van der Waals surface area contributed by atoms with Crippen molar-refractivity contribution in [3.63, 3.8) is 0 Å². The van der Waals surface area contributed by atoms with Crippen LogP contribution in [0.4, 0.5) is 22.2 Å². The minimum Gasteiger partial charge on any atom is -0.480 e. The van der Waals surface area contributed by atoms with Gasteiger partial charge < -0.3 is 46.3 Å². The molecule has 0 aliphatic heterocycles. The van der Waals surface area contributed by atoms with Gasteiger partial charge in [-0.15, -0.1) is 0 Å². The molecule has 65 heavy (non-hydrogen) atoms. The second kappa shape index (κ2) is 29.3. The van der Waals surface area contributed by atoms with E-state index in [2.05, 4.69) is 50.1 Å². The van der Waals surface area contributed by atoms with Crippen LogP contribution in [0.2, 0.25) is 0 Å². The number of carbonyl (C=O) groups is 5. The molecule has 0 fully saturated rings. The van der Waals surface area contributed by atoms with E-state index in [0.29, 0.717) is 36.0 Å². The van der Waals surface area contributed by atoms with Crippen LogP contribution in [-0.2, 0) is 39.9 Å². The molecular weight excluding hydrogens is 855 g/mol. The maximum Gasteiger partial charge on any atom is 0.408 e. The van der Waals surface area contributed by atoms with Crippen LogP contribution in [0, 0.1) is 0 Å². The predicted octanol–water partition coefficient (Wildman–Crippen LogP) is 7.62. The molecule has 3 amide bonds. The summed E-state index contributed by atoms with van der Waals surface area (Å²) in [5.41, 5.74) is 7.17. The number of amides is 3. The number of unbranched alkanes of at least 4 members (excludes halogenated alkanes) is 11. The number of rotatable bonds is 31. The first kappa shape index (κ1) is 54.0. The molecule has 7 N–H and O–H groups in total. The monoisotopic (exact) mass is 928 g/mol. The number of hydrogen-bond donors (Lipinski definition) is 6. The molecule has 0 saturated heterocycles. The number of nitrogen functional groups attached to an aromatic ring is 1. The van der Waals surface area contributed by atoms with Crippen LogP contribution >= 0.6 is 11.8 Å². The number of aromatic hydroxyl groups is 1. The molecule has 19 heteroatoms. The summed E-state index contributed by atoms with van der Waals surface area (Å²) < 4.78 is 17.2. The Morgan fingerprint density at radius 3 is 2.11 bits per heavy atom. The number of nitrogens with zero attached hydrogens (tertiary/aromatic N) is 4. The van der Waals surface area contributed by atoms with Gasteiger partial charge in [-0.2, -0.15) is 26.7 Å². The van der Waals surface area contributed by atoms with E-state index < -0.39 is 41.6 Å². The normalized spacial score (nSPS) is 12.3. The highest BCUT2D eigenvalue weighted by atomic mass is 32.2. The van der Waals surface area contributed by atoms with Gasteiger partial charge in [-0.25, -0.2) is 9.59 Å². The number of alkyl carbamates (subject to hydrolysis) is 1. The van der Waals surface area contributed by atoms with Gasteiger partial charge in [0.25, 0.3) is 6.01 Å². The molecule has 2 heterocycles. The van der Waals surface area contributed by atoms with Crippen LogP contribution in [-0.4, -0.2) is 104 Å². The molecule has 3 aromatic rings. The maximum atomic E-state index is 13.6. The van der Waals surface area contributed by atoms with E-state index in [1.165, 1.54) is 74.8 Å². The number of imidazole rings is 1. The highest BCUT2D eigenvalue weighted by Gasteiger charge is 2.29. The molecule has 3 rings (SSSR count). The number of esters is 2. The number of anilines is 3. The number of nitrogens with one attached hydrogen (secondary N) is 4. The van der Waals surface area contributed by atoms with Crippen LogP contribution < -0.4 is 27.0 Å². The summed E-state index contributed by atoms with van der Waals surface area (Å²) in [5, 5.41) is 21.7. The smallest absolute Gasteiger partial charge is 0.408 e. The number of fused-ring (bicyclic) bond motifs is 1. The average Bonchev–Trinajstić information content (AvgIpc) is 3.57. The minimum absolute atomic E-state index is 0.0847. The van der Waals surface area contributed by atoms with Crippen molar-refractivity contribution in [2.24, 2.45) is 0 Å². The summed E-state index contributed by atoms with van der Waals surface area (Å²) in [6, 6.07) is 4.31. The van der Waals surface area contributed by atoms with Crippen molar-refractivity contribution < 1.29 is 43.3 Å². The van der Waals surface area contributed by atoms with E-state index >= 15 is 0 Å². The van der Waals surface area contributed by atoms with Crippen molar-refractivity contribution in [2.75, 3.05) is 48.1 Å². The van der Waals surface area contributed by atoms with Gasteiger partial charge in [0, 0.05) is 36.6 Å². The third-order valence-electron chi connectivity index (χ3n) is 10.2. The Morgan fingerprint density at radius 2 is 1.48 bits per heavy atom. The number of hydrogen-bond acceptors (Lipinski definition) is 15. The lowest BCUT2D eigenvalue weighted by atomic mass is 10.1. The minimum atomic E-state index is -1.21. The highest BCUT2D eigenvalue weighted by molar-refractivity contribution is 7.99. The zero-order chi connectivity index (χ0) is 47.6. The van der Waals surface area contributed by atoms with E-state index in [1.54, 1.807) is 45.0 Å². The molecule has 0 aliphatic rings. The Hall–Kier alpha value is -5.33. The molecule has 18 nitrogen and oxygen atoms in total. The van der Waals surface area contributed by atoms with Crippen LogP contribution in [0.3, 0.4) is 0 Å². The zero-order valence-electron chi connectivity index (χ0n) is 39.3. The van der Waals surface area contributed by atoms with E-state index in [1.807, 2.05) is 0 Å². The topological polar surface area (TPSA) is 251 Å². The third-order valence-corrected chi connectivity index (χ3v) is 11.2. The van der Waals surface area contributed by atoms with Crippen molar-refractivity contribution >= 4 is 70.2 Å². The van der Waals surface area contributed by atoms with Crippen LogP contribution in [0.15, 0.2) is 24.3 Å². The lowest BCUT2D eigenvalue weighted by molar-refractivity contribution is -0.145. The number of ether oxygens (including phenoxy) is 3. The Labute approximate surface area is 388 Å². The summed E-state index contributed by atoms with van der Waals surface area (Å²) in [4.78, 5) is 77.4. The van der Waals surface area contributed by atoms with Crippen molar-refractivity contribution in [3.8, 4) is 6.01 Å². The van der Waals surface area contributed by atoms with Gasteiger partial charge in [-0.05, 0) is 57.7 Å². The fraction of sp³-hybridized carbons (Fsp3) is 0.652. The standard InChI is InChI=1S/C46H73N9O9S/c1-7-9-11-12-13-14-15-16-17-18-19-20-37(57)63-28-29-65-31-35(51-45(61)64-46(3,4)5)41(58)50-34(42(59)62-6)25-26-36(56)49-33-23-21-32(22-24-33)30-55-40-38(52-44(55)60)39(47)53-43(54-40)48-27-10-8-2/h21-24,34-35H,7-20,25-31H2,1-6H3,(H,49,56)(H,50,58)(H,51,61)(H,52,60)(H3,47,48,53,54). The van der Waals surface area contributed by atoms with E-state index in [0.717, 1.165) is 37.7 Å². The summed E-state index contributed by atoms with van der Waals surface area (Å²) in [6.45, 7) is 10.4. The van der Waals surface area contributed by atoms with Crippen molar-refractivity contribution in [1.29, 1.82) is 0 Å². The van der Waals surface area contributed by atoms with E-state index in [9.17, 15) is 29.1 Å². The van der Waals surface area contributed by atoms with Crippen LogP contribution in [0.25, 0.3) is 11.2 Å². The number of nitrogens with two attached hydrogens (primary N) is 1. The highest BCUT2D eigenvalue weighted by Crippen LogP contribution is 2.26. The molecule has 0 aliphatic carbocycles. The third kappa shape index (κ3) is 21.0. The lowest BCUT2D eigenvalue weighted by Crippen LogP contribution is -2.53. The van der Waals surface area contributed by atoms with Crippen LogP contribution in [0.1, 0.15) is 143 Å². The lowest BCUT2D eigenvalue weighted by Gasteiger charge is -2.24. The SMILES string of the molecule is CCCCCCCCCCCCCC(=O)OCCSCC(NC(=O)OC(C)(C)C)C(=O)NC(CCC(=O)Nc1ccc(Cn2c(O)nc3c(N)nc(NCCCC)nc32)cc1)C(=O)OC. The van der Waals surface area contributed by atoms with Gasteiger partial charge in [-0.3, -0.25) is 19.0 Å². The molecule has 2 aromatic heterocycles. The molecule has 0 spiro atoms. The second-order valence-electron chi connectivity index (χ2n) is 17.0. The molecule has 2 unspecified atom stereocenters. The van der Waals surface area contributed by atoms with Crippen molar-refractivity contribution in [1.82, 2.24) is 30.2 Å². The van der Waals surface area contributed by atoms with Gasteiger partial charge >= 0.3 is 18.0 Å². The van der Waals surface area contributed by atoms with Gasteiger partial charge in [0.15, 0.2) is 17.0 Å². The molecular formula is C46H73N9O9S. The number of carbonyl (C=O) groups excluding carboxylic acids is 5.